The number of halogens is 1. The van der Waals surface area contributed by atoms with Crippen LogP contribution in [0, 0.1) is 6.92 Å². The molecule has 0 aliphatic rings. The van der Waals surface area contributed by atoms with Crippen LogP contribution < -0.4 is 0 Å². The zero-order chi connectivity index (χ0) is 12.4. The van der Waals surface area contributed by atoms with E-state index in [1.807, 2.05) is 19.1 Å². The first kappa shape index (κ1) is 11.7. The lowest BCUT2D eigenvalue weighted by Gasteiger charge is -2.06. The van der Waals surface area contributed by atoms with Gasteiger partial charge in [-0.2, -0.15) is 0 Å². The van der Waals surface area contributed by atoms with E-state index >= 15 is 0 Å². The Balaban J connectivity index is 2.40. The van der Waals surface area contributed by atoms with E-state index in [9.17, 15) is 4.79 Å². The zero-order valence-corrected chi connectivity index (χ0v) is 10.2. The minimum atomic E-state index is -0.449. The van der Waals surface area contributed by atoms with Gasteiger partial charge in [-0.15, -0.1) is 0 Å². The maximum atomic E-state index is 11.3. The molecule has 4 nitrogen and oxygen atoms in total. The van der Waals surface area contributed by atoms with Crippen molar-refractivity contribution < 1.29 is 9.53 Å². The Kier molecular flexibility index (Phi) is 3.15. The van der Waals surface area contributed by atoms with Gasteiger partial charge in [-0.05, 0) is 30.7 Å². The fourth-order valence-corrected chi connectivity index (χ4v) is 1.80. The van der Waals surface area contributed by atoms with Crippen molar-refractivity contribution in [3.8, 4) is 5.69 Å². The van der Waals surface area contributed by atoms with Crippen molar-refractivity contribution in [2.75, 3.05) is 7.11 Å². The van der Waals surface area contributed by atoms with Gasteiger partial charge in [0.15, 0.2) is 5.69 Å². The van der Waals surface area contributed by atoms with Crippen LogP contribution in [-0.4, -0.2) is 22.6 Å². The van der Waals surface area contributed by atoms with Crippen LogP contribution in [0.2, 0.25) is 5.02 Å². The summed E-state index contributed by atoms with van der Waals surface area (Å²) in [5.41, 5.74) is 2.21. The van der Waals surface area contributed by atoms with Crippen molar-refractivity contribution in [3.05, 3.63) is 47.0 Å². The molecule has 2 rings (SSSR count). The van der Waals surface area contributed by atoms with Crippen LogP contribution >= 0.6 is 11.6 Å². The van der Waals surface area contributed by atoms with E-state index in [4.69, 9.17) is 11.6 Å². The lowest BCUT2D eigenvalue weighted by Crippen LogP contribution is -2.01. The van der Waals surface area contributed by atoms with Gasteiger partial charge >= 0.3 is 5.97 Å². The Morgan fingerprint density at radius 3 is 2.88 bits per heavy atom. The van der Waals surface area contributed by atoms with Crippen LogP contribution in [-0.2, 0) is 4.74 Å². The van der Waals surface area contributed by atoms with Crippen LogP contribution in [0.1, 0.15) is 16.1 Å². The number of hydrogen-bond acceptors (Lipinski definition) is 3. The molecule has 88 valence electrons. The molecular weight excluding hydrogens is 240 g/mol. The smallest absolute Gasteiger partial charge is 0.358 e. The quantitative estimate of drug-likeness (QED) is 0.770. The highest BCUT2D eigenvalue weighted by Crippen LogP contribution is 2.19. The Hall–Kier alpha value is -1.81. The monoisotopic (exact) mass is 250 g/mol. The normalized spacial score (nSPS) is 10.3. The first-order chi connectivity index (χ1) is 8.11. The highest BCUT2D eigenvalue weighted by atomic mass is 35.5. The molecule has 0 atom stereocenters. The molecule has 0 amide bonds. The number of imidazole rings is 1. The Morgan fingerprint density at radius 1 is 1.47 bits per heavy atom. The number of benzene rings is 1. The van der Waals surface area contributed by atoms with E-state index in [0.717, 1.165) is 11.3 Å². The van der Waals surface area contributed by atoms with Gasteiger partial charge in [-0.1, -0.05) is 11.6 Å². The van der Waals surface area contributed by atoms with Crippen LogP contribution in [0.3, 0.4) is 0 Å². The molecule has 17 heavy (non-hydrogen) atoms. The van der Waals surface area contributed by atoms with Gasteiger partial charge in [-0.25, -0.2) is 9.78 Å². The van der Waals surface area contributed by atoms with E-state index in [1.54, 1.807) is 23.2 Å². The second kappa shape index (κ2) is 4.59. The second-order valence-electron chi connectivity index (χ2n) is 3.59. The minimum Gasteiger partial charge on any atom is -0.464 e. The number of aromatic nitrogens is 2. The predicted molar refractivity (Wildman–Crippen MR) is 64.7 cm³/mol. The minimum absolute atomic E-state index is 0.279. The van der Waals surface area contributed by atoms with Crippen LogP contribution in [0.25, 0.3) is 5.69 Å². The van der Waals surface area contributed by atoms with Crippen molar-refractivity contribution in [1.82, 2.24) is 9.55 Å². The molecule has 0 N–H and O–H groups in total. The molecule has 0 aliphatic carbocycles. The van der Waals surface area contributed by atoms with Gasteiger partial charge in [0.1, 0.15) is 6.33 Å². The van der Waals surface area contributed by atoms with E-state index in [0.29, 0.717) is 5.02 Å². The molecule has 5 heteroatoms. The standard InChI is InChI=1S/C12H11ClN2O2/c1-8-5-9(13)3-4-11(8)15-6-10(14-7-15)12(16)17-2/h3-7H,1-2H3. The third-order valence-electron chi connectivity index (χ3n) is 2.41. The molecule has 0 spiro atoms. The van der Waals surface area contributed by atoms with Crippen LogP contribution in [0.15, 0.2) is 30.7 Å². The number of aryl methyl sites for hydroxylation is 1. The Bertz CT molecular complexity index is 563. The van der Waals surface area contributed by atoms with Crippen LogP contribution in [0.5, 0.6) is 0 Å². The number of carbonyl (C=O) groups excluding carboxylic acids is 1. The fourth-order valence-electron chi connectivity index (χ4n) is 1.57. The molecule has 1 aromatic carbocycles. The molecule has 0 radical (unpaired) electrons. The lowest BCUT2D eigenvalue weighted by molar-refractivity contribution is 0.0594. The number of hydrogen-bond donors (Lipinski definition) is 0. The molecule has 2 aromatic rings. The van der Waals surface area contributed by atoms with Crippen molar-refractivity contribution in [3.63, 3.8) is 0 Å². The van der Waals surface area contributed by atoms with Gasteiger partial charge in [0.05, 0.1) is 7.11 Å². The maximum absolute atomic E-state index is 11.3. The number of nitrogens with zero attached hydrogens (tertiary/aromatic N) is 2. The molecule has 0 aliphatic heterocycles. The molecule has 0 saturated carbocycles. The summed E-state index contributed by atoms with van der Waals surface area (Å²) >= 11 is 5.88. The summed E-state index contributed by atoms with van der Waals surface area (Å²) in [6, 6.07) is 5.52. The van der Waals surface area contributed by atoms with Gasteiger partial charge < -0.3 is 9.30 Å². The molecule has 0 fully saturated rings. The molecule has 1 aromatic heterocycles. The van der Waals surface area contributed by atoms with Gasteiger partial charge in [-0.3, -0.25) is 0 Å². The Morgan fingerprint density at radius 2 is 2.24 bits per heavy atom. The fraction of sp³-hybridized carbons (Fsp3) is 0.167. The van der Waals surface area contributed by atoms with Crippen molar-refractivity contribution in [1.29, 1.82) is 0 Å². The average Bonchev–Trinajstić information content (AvgIpc) is 2.77. The van der Waals surface area contributed by atoms with Gasteiger partial charge in [0, 0.05) is 16.9 Å². The summed E-state index contributed by atoms with van der Waals surface area (Å²) in [6.45, 7) is 1.94. The first-order valence-corrected chi connectivity index (χ1v) is 5.38. The third kappa shape index (κ3) is 2.31. The average molecular weight is 251 g/mol. The summed E-state index contributed by atoms with van der Waals surface area (Å²) in [5, 5.41) is 0.680. The summed E-state index contributed by atoms with van der Waals surface area (Å²) in [6.07, 6.45) is 3.20. The second-order valence-corrected chi connectivity index (χ2v) is 4.03. The van der Waals surface area contributed by atoms with E-state index in [1.165, 1.54) is 7.11 Å². The Labute approximate surface area is 104 Å². The highest BCUT2D eigenvalue weighted by Gasteiger charge is 2.10. The highest BCUT2D eigenvalue weighted by molar-refractivity contribution is 6.30. The summed E-state index contributed by atoms with van der Waals surface area (Å²) < 4.78 is 6.36. The van der Waals surface area contributed by atoms with Crippen LogP contribution in [0.4, 0.5) is 0 Å². The lowest BCUT2D eigenvalue weighted by atomic mass is 10.2. The van der Waals surface area contributed by atoms with Crippen molar-refractivity contribution in [2.45, 2.75) is 6.92 Å². The summed E-state index contributed by atoms with van der Waals surface area (Å²) in [5.74, 6) is -0.449. The number of rotatable bonds is 2. The predicted octanol–water partition coefficient (Wildman–Crippen LogP) is 2.62. The topological polar surface area (TPSA) is 44.1 Å². The molecule has 1 heterocycles. The first-order valence-electron chi connectivity index (χ1n) is 5.00. The number of carbonyl (C=O) groups is 1. The van der Waals surface area contributed by atoms with Gasteiger partial charge in [0.2, 0.25) is 0 Å². The number of ether oxygens (including phenoxy) is 1. The van der Waals surface area contributed by atoms with E-state index in [2.05, 4.69) is 9.72 Å². The van der Waals surface area contributed by atoms with E-state index in [-0.39, 0.29) is 5.69 Å². The maximum Gasteiger partial charge on any atom is 0.358 e. The molecule has 0 bridgehead atoms. The summed E-state index contributed by atoms with van der Waals surface area (Å²) in [4.78, 5) is 15.3. The zero-order valence-electron chi connectivity index (χ0n) is 9.48. The summed E-state index contributed by atoms with van der Waals surface area (Å²) in [7, 11) is 1.33. The molecule has 0 unspecified atom stereocenters. The van der Waals surface area contributed by atoms with Gasteiger partial charge in [0.25, 0.3) is 0 Å². The van der Waals surface area contributed by atoms with E-state index < -0.39 is 5.97 Å². The third-order valence-corrected chi connectivity index (χ3v) is 2.65. The number of methoxy groups -OCH3 is 1. The largest absolute Gasteiger partial charge is 0.464 e. The number of esters is 1. The SMILES string of the molecule is COC(=O)c1cn(-c2ccc(Cl)cc2C)cn1. The van der Waals surface area contributed by atoms with Crippen molar-refractivity contribution in [2.24, 2.45) is 0 Å². The molecular formula is C12H11ClN2O2. The van der Waals surface area contributed by atoms with Crippen molar-refractivity contribution >= 4 is 17.6 Å². The molecule has 0 saturated heterocycles.